The largest absolute Gasteiger partial charge is 0.377 e. The van der Waals surface area contributed by atoms with Gasteiger partial charge in [-0.05, 0) is 18.2 Å². The molecule has 2 heterocycles. The number of aromatic nitrogens is 1. The van der Waals surface area contributed by atoms with E-state index in [9.17, 15) is 0 Å². The van der Waals surface area contributed by atoms with Gasteiger partial charge in [0.15, 0.2) is 0 Å². The van der Waals surface area contributed by atoms with Gasteiger partial charge >= 0.3 is 0 Å². The summed E-state index contributed by atoms with van der Waals surface area (Å²) in [5.74, 6) is 0. The summed E-state index contributed by atoms with van der Waals surface area (Å²) >= 11 is 0. The van der Waals surface area contributed by atoms with Gasteiger partial charge in [-0.3, -0.25) is 9.88 Å². The molecule has 0 radical (unpaired) electrons. The fraction of sp³-hybridized carbons (Fsp3) is 0.667. The van der Waals surface area contributed by atoms with E-state index in [1.54, 1.807) is 14.2 Å². The molecule has 20 heavy (non-hydrogen) atoms. The molecule has 1 aromatic rings. The van der Waals surface area contributed by atoms with Crippen LogP contribution in [0.25, 0.3) is 0 Å². The summed E-state index contributed by atoms with van der Waals surface area (Å²) in [5.41, 5.74) is 2.32. The standard InChI is InChI=1S/C15H25N3O2/c1-4-16-7-12-5-6-13(17-8-12)9-18-10-14(19-2)15(11-18)20-3/h5-6,8,14-16H,4,7,9-11H2,1-3H3. The lowest BCUT2D eigenvalue weighted by molar-refractivity contribution is -0.00461. The van der Waals surface area contributed by atoms with Crippen molar-refractivity contribution in [3.63, 3.8) is 0 Å². The monoisotopic (exact) mass is 279 g/mol. The van der Waals surface area contributed by atoms with Gasteiger partial charge in [-0.25, -0.2) is 0 Å². The third-order valence-corrected chi connectivity index (χ3v) is 3.75. The Hall–Kier alpha value is -1.01. The van der Waals surface area contributed by atoms with Crippen LogP contribution < -0.4 is 5.32 Å². The van der Waals surface area contributed by atoms with Crippen molar-refractivity contribution in [2.24, 2.45) is 0 Å². The summed E-state index contributed by atoms with van der Waals surface area (Å²) in [6.07, 6.45) is 2.27. The van der Waals surface area contributed by atoms with Gasteiger partial charge in [-0.2, -0.15) is 0 Å². The molecule has 1 aromatic heterocycles. The predicted molar refractivity (Wildman–Crippen MR) is 78.5 cm³/mol. The Morgan fingerprint density at radius 1 is 1.25 bits per heavy atom. The molecule has 1 aliphatic rings. The molecule has 0 bridgehead atoms. The quantitative estimate of drug-likeness (QED) is 0.808. The molecule has 1 saturated heterocycles. The third kappa shape index (κ3) is 3.99. The average molecular weight is 279 g/mol. The zero-order valence-corrected chi connectivity index (χ0v) is 12.6. The molecule has 5 heteroatoms. The van der Waals surface area contributed by atoms with Crippen LogP contribution in [0.15, 0.2) is 18.3 Å². The second-order valence-corrected chi connectivity index (χ2v) is 5.18. The molecule has 0 aliphatic carbocycles. The number of hydrogen-bond donors (Lipinski definition) is 1. The molecule has 5 nitrogen and oxygen atoms in total. The molecule has 112 valence electrons. The van der Waals surface area contributed by atoms with Crippen molar-refractivity contribution in [3.05, 3.63) is 29.6 Å². The normalized spacial score (nSPS) is 23.4. The van der Waals surface area contributed by atoms with Crippen LogP contribution in [0.3, 0.4) is 0 Å². The average Bonchev–Trinajstić information content (AvgIpc) is 2.88. The van der Waals surface area contributed by atoms with E-state index in [0.717, 1.165) is 38.4 Å². The number of methoxy groups -OCH3 is 2. The van der Waals surface area contributed by atoms with Gasteiger partial charge in [0.05, 0.1) is 17.9 Å². The van der Waals surface area contributed by atoms with Crippen molar-refractivity contribution in [3.8, 4) is 0 Å². The van der Waals surface area contributed by atoms with Gasteiger partial charge in [-0.15, -0.1) is 0 Å². The number of nitrogens with zero attached hydrogens (tertiary/aromatic N) is 2. The molecular formula is C15H25N3O2. The van der Waals surface area contributed by atoms with Gasteiger partial charge in [-0.1, -0.05) is 13.0 Å². The van der Waals surface area contributed by atoms with E-state index in [-0.39, 0.29) is 12.2 Å². The van der Waals surface area contributed by atoms with Crippen molar-refractivity contribution in [2.45, 2.75) is 32.2 Å². The summed E-state index contributed by atoms with van der Waals surface area (Å²) in [6, 6.07) is 4.25. The Labute approximate surface area is 121 Å². The predicted octanol–water partition coefficient (Wildman–Crippen LogP) is 1.04. The first-order valence-corrected chi connectivity index (χ1v) is 7.19. The van der Waals surface area contributed by atoms with E-state index >= 15 is 0 Å². The molecule has 1 N–H and O–H groups in total. The van der Waals surface area contributed by atoms with Crippen molar-refractivity contribution < 1.29 is 9.47 Å². The fourth-order valence-electron chi connectivity index (χ4n) is 2.55. The summed E-state index contributed by atoms with van der Waals surface area (Å²) in [4.78, 5) is 6.86. The Morgan fingerprint density at radius 2 is 1.95 bits per heavy atom. The van der Waals surface area contributed by atoms with Crippen LogP contribution in [0.2, 0.25) is 0 Å². The van der Waals surface area contributed by atoms with Crippen LogP contribution >= 0.6 is 0 Å². The second-order valence-electron chi connectivity index (χ2n) is 5.18. The Kier molecular flexibility index (Phi) is 5.91. The minimum atomic E-state index is 0.160. The Balaban J connectivity index is 1.87. The van der Waals surface area contributed by atoms with Crippen LogP contribution in [-0.2, 0) is 22.6 Å². The molecule has 1 fully saturated rings. The summed E-state index contributed by atoms with van der Waals surface area (Å²) < 4.78 is 10.9. The molecule has 0 aromatic carbocycles. The summed E-state index contributed by atoms with van der Waals surface area (Å²) in [5, 5.41) is 3.30. The number of hydrogen-bond acceptors (Lipinski definition) is 5. The van der Waals surface area contributed by atoms with E-state index in [1.165, 1.54) is 5.56 Å². The van der Waals surface area contributed by atoms with Crippen LogP contribution in [0.5, 0.6) is 0 Å². The molecule has 2 atom stereocenters. The number of likely N-dealkylation sites (tertiary alicyclic amines) is 1. The first-order valence-electron chi connectivity index (χ1n) is 7.19. The van der Waals surface area contributed by atoms with E-state index in [0.29, 0.717) is 0 Å². The number of nitrogens with one attached hydrogen (secondary N) is 1. The molecule has 0 amide bonds. The highest BCUT2D eigenvalue weighted by Gasteiger charge is 2.32. The van der Waals surface area contributed by atoms with Gasteiger partial charge < -0.3 is 14.8 Å². The van der Waals surface area contributed by atoms with E-state index in [4.69, 9.17) is 9.47 Å². The zero-order chi connectivity index (χ0) is 14.4. The molecular weight excluding hydrogens is 254 g/mol. The lowest BCUT2D eigenvalue weighted by Gasteiger charge is -2.14. The maximum atomic E-state index is 5.45. The maximum Gasteiger partial charge on any atom is 0.0971 e. The van der Waals surface area contributed by atoms with Crippen LogP contribution in [-0.4, -0.2) is 55.9 Å². The van der Waals surface area contributed by atoms with Crippen molar-refractivity contribution >= 4 is 0 Å². The van der Waals surface area contributed by atoms with Gasteiger partial charge in [0.2, 0.25) is 0 Å². The first kappa shape index (κ1) is 15.4. The Morgan fingerprint density at radius 3 is 2.45 bits per heavy atom. The number of ether oxygens (including phenoxy) is 2. The zero-order valence-electron chi connectivity index (χ0n) is 12.6. The SMILES string of the molecule is CCNCc1ccc(CN2CC(OC)C(OC)C2)nc1. The van der Waals surface area contributed by atoms with Crippen molar-refractivity contribution in [2.75, 3.05) is 33.9 Å². The highest BCUT2D eigenvalue weighted by Crippen LogP contribution is 2.17. The second kappa shape index (κ2) is 7.69. The van der Waals surface area contributed by atoms with Crippen LogP contribution in [0, 0.1) is 0 Å². The molecule has 2 unspecified atom stereocenters. The van der Waals surface area contributed by atoms with E-state index in [1.807, 2.05) is 6.20 Å². The van der Waals surface area contributed by atoms with Crippen LogP contribution in [0.4, 0.5) is 0 Å². The molecule has 1 aliphatic heterocycles. The van der Waals surface area contributed by atoms with Gasteiger partial charge in [0.1, 0.15) is 0 Å². The van der Waals surface area contributed by atoms with E-state index < -0.39 is 0 Å². The highest BCUT2D eigenvalue weighted by atomic mass is 16.5. The number of pyridine rings is 1. The molecule has 0 spiro atoms. The maximum absolute atomic E-state index is 5.45. The molecule has 0 saturated carbocycles. The van der Waals surface area contributed by atoms with Crippen molar-refractivity contribution in [1.29, 1.82) is 0 Å². The van der Waals surface area contributed by atoms with Gasteiger partial charge in [0, 0.05) is 46.6 Å². The smallest absolute Gasteiger partial charge is 0.0971 e. The molecule has 2 rings (SSSR count). The van der Waals surface area contributed by atoms with Gasteiger partial charge in [0.25, 0.3) is 0 Å². The topological polar surface area (TPSA) is 46.6 Å². The third-order valence-electron chi connectivity index (χ3n) is 3.75. The summed E-state index contributed by atoms with van der Waals surface area (Å²) in [7, 11) is 3.49. The first-order chi connectivity index (χ1) is 9.76. The minimum Gasteiger partial charge on any atom is -0.377 e. The lowest BCUT2D eigenvalue weighted by Crippen LogP contribution is -2.27. The number of rotatable bonds is 7. The highest BCUT2D eigenvalue weighted by molar-refractivity contribution is 5.14. The lowest BCUT2D eigenvalue weighted by atomic mass is 10.2. The van der Waals surface area contributed by atoms with E-state index in [2.05, 4.69) is 34.3 Å². The van der Waals surface area contributed by atoms with Crippen molar-refractivity contribution in [1.82, 2.24) is 15.2 Å². The van der Waals surface area contributed by atoms with Crippen LogP contribution in [0.1, 0.15) is 18.2 Å². The summed E-state index contributed by atoms with van der Waals surface area (Å²) in [6.45, 7) is 6.61. The Bertz CT molecular complexity index is 385. The minimum absolute atomic E-state index is 0.160. The fourth-order valence-corrected chi connectivity index (χ4v) is 2.55.